The highest BCUT2D eigenvalue weighted by atomic mass is 35.5. The van der Waals surface area contributed by atoms with Crippen molar-refractivity contribution in [3.63, 3.8) is 0 Å². The molecule has 0 aliphatic carbocycles. The molecule has 1 heterocycles. The zero-order valence-corrected chi connectivity index (χ0v) is 13.6. The minimum absolute atomic E-state index is 0.0274. The Morgan fingerprint density at radius 3 is 2.57 bits per heavy atom. The summed E-state index contributed by atoms with van der Waals surface area (Å²) >= 11 is 13.3. The summed E-state index contributed by atoms with van der Waals surface area (Å²) in [5, 5.41) is 3.33. The first-order valence-electron chi connectivity index (χ1n) is 6.31. The lowest BCUT2D eigenvalue weighted by molar-refractivity contribution is -0.116. The maximum atomic E-state index is 11.9. The molecule has 0 saturated heterocycles. The molecule has 110 valence electrons. The van der Waals surface area contributed by atoms with Crippen molar-refractivity contribution in [1.82, 2.24) is 0 Å². The first-order valence-corrected chi connectivity index (χ1v) is 7.88. The van der Waals surface area contributed by atoms with Crippen LogP contribution in [0.15, 0.2) is 30.3 Å². The van der Waals surface area contributed by atoms with E-state index < -0.39 is 0 Å². The molecular formula is C15H13Cl2NO2S. The van der Waals surface area contributed by atoms with Crippen molar-refractivity contribution in [3.05, 3.63) is 50.1 Å². The van der Waals surface area contributed by atoms with Crippen LogP contribution in [-0.2, 0) is 4.79 Å². The Hall–Kier alpha value is -1.36. The molecule has 0 fully saturated rings. The van der Waals surface area contributed by atoms with Crippen LogP contribution in [0.3, 0.4) is 0 Å². The number of amides is 1. The van der Waals surface area contributed by atoms with Crippen LogP contribution in [0.4, 0.5) is 5.69 Å². The maximum Gasteiger partial charge on any atom is 0.224 e. The summed E-state index contributed by atoms with van der Waals surface area (Å²) < 4.78 is 0. The molecule has 0 aliphatic rings. The van der Waals surface area contributed by atoms with E-state index in [2.05, 4.69) is 5.32 Å². The van der Waals surface area contributed by atoms with E-state index in [0.29, 0.717) is 20.6 Å². The number of benzene rings is 1. The van der Waals surface area contributed by atoms with Gasteiger partial charge in [-0.25, -0.2) is 0 Å². The molecule has 0 spiro atoms. The van der Waals surface area contributed by atoms with Crippen LogP contribution in [0.5, 0.6) is 0 Å². The second-order valence-corrected chi connectivity index (χ2v) is 6.56. The van der Waals surface area contributed by atoms with Crippen LogP contribution >= 0.6 is 34.5 Å². The molecule has 0 saturated carbocycles. The van der Waals surface area contributed by atoms with E-state index in [1.165, 1.54) is 11.3 Å². The Labute approximate surface area is 136 Å². The molecule has 1 amide bonds. The van der Waals surface area contributed by atoms with Crippen molar-refractivity contribution in [3.8, 4) is 0 Å². The van der Waals surface area contributed by atoms with Gasteiger partial charge in [0.1, 0.15) is 0 Å². The van der Waals surface area contributed by atoms with Crippen LogP contribution < -0.4 is 5.32 Å². The minimum Gasteiger partial charge on any atom is -0.325 e. The summed E-state index contributed by atoms with van der Waals surface area (Å²) in [6.45, 7) is 1.94. The Morgan fingerprint density at radius 2 is 1.90 bits per heavy atom. The predicted molar refractivity (Wildman–Crippen MR) is 87.7 cm³/mol. The van der Waals surface area contributed by atoms with Gasteiger partial charge in [-0.15, -0.1) is 11.3 Å². The number of carbonyl (C=O) groups is 2. The van der Waals surface area contributed by atoms with Crippen molar-refractivity contribution >= 4 is 51.9 Å². The molecule has 1 aromatic carbocycles. The smallest absolute Gasteiger partial charge is 0.224 e. The largest absolute Gasteiger partial charge is 0.325 e. The van der Waals surface area contributed by atoms with E-state index in [1.807, 2.05) is 13.0 Å². The fourth-order valence-electron chi connectivity index (χ4n) is 1.75. The lowest BCUT2D eigenvalue weighted by Crippen LogP contribution is -2.13. The van der Waals surface area contributed by atoms with Crippen molar-refractivity contribution in [1.29, 1.82) is 0 Å². The third kappa shape index (κ3) is 4.30. The Balaban J connectivity index is 1.90. The highest BCUT2D eigenvalue weighted by molar-refractivity contribution is 7.14. The number of anilines is 1. The van der Waals surface area contributed by atoms with Crippen molar-refractivity contribution in [2.75, 3.05) is 5.32 Å². The Bertz CT molecular complexity index is 682. The molecular weight excluding hydrogens is 329 g/mol. The van der Waals surface area contributed by atoms with E-state index in [1.54, 1.807) is 24.3 Å². The molecule has 2 aromatic rings. The number of ketones is 1. The molecule has 0 atom stereocenters. The molecule has 2 rings (SSSR count). The van der Waals surface area contributed by atoms with Crippen LogP contribution in [0.2, 0.25) is 10.0 Å². The van der Waals surface area contributed by atoms with Gasteiger partial charge in [-0.05, 0) is 31.2 Å². The molecule has 21 heavy (non-hydrogen) atoms. The number of hydrogen-bond acceptors (Lipinski definition) is 3. The molecule has 1 aromatic heterocycles. The second-order valence-electron chi connectivity index (χ2n) is 4.48. The van der Waals surface area contributed by atoms with Crippen LogP contribution in [0, 0.1) is 6.92 Å². The summed E-state index contributed by atoms with van der Waals surface area (Å²) in [6.07, 6.45) is 0.280. The zero-order valence-electron chi connectivity index (χ0n) is 11.3. The minimum atomic E-state index is -0.263. The summed E-state index contributed by atoms with van der Waals surface area (Å²) in [4.78, 5) is 25.5. The molecule has 1 N–H and O–H groups in total. The number of Topliss-reactive ketones (excluding diaryl/α,β-unsaturated/α-hetero) is 1. The van der Waals surface area contributed by atoms with Gasteiger partial charge in [0.05, 0.1) is 20.6 Å². The molecule has 3 nitrogen and oxygen atoms in total. The highest BCUT2D eigenvalue weighted by Gasteiger charge is 2.12. The fourth-order valence-corrected chi connectivity index (χ4v) is 2.93. The van der Waals surface area contributed by atoms with E-state index >= 15 is 0 Å². The normalized spacial score (nSPS) is 10.4. The highest BCUT2D eigenvalue weighted by Crippen LogP contribution is 2.29. The van der Waals surface area contributed by atoms with Gasteiger partial charge in [0.25, 0.3) is 0 Å². The van der Waals surface area contributed by atoms with Crippen LogP contribution in [-0.4, -0.2) is 11.7 Å². The number of nitrogens with one attached hydrogen (secondary N) is 1. The molecule has 6 heteroatoms. The number of hydrogen-bond donors (Lipinski definition) is 1. The number of carbonyl (C=O) groups excluding carboxylic acids is 2. The van der Waals surface area contributed by atoms with E-state index in [9.17, 15) is 9.59 Å². The van der Waals surface area contributed by atoms with Gasteiger partial charge in [0.2, 0.25) is 5.91 Å². The number of rotatable bonds is 5. The first kappa shape index (κ1) is 16.0. The van der Waals surface area contributed by atoms with Gasteiger partial charge in [0, 0.05) is 17.7 Å². The van der Waals surface area contributed by atoms with Crippen LogP contribution in [0.1, 0.15) is 27.4 Å². The Morgan fingerprint density at radius 1 is 1.14 bits per heavy atom. The third-order valence-corrected chi connectivity index (χ3v) is 4.68. The quantitative estimate of drug-likeness (QED) is 0.780. The summed E-state index contributed by atoms with van der Waals surface area (Å²) in [5.74, 6) is -0.291. The van der Waals surface area contributed by atoms with Gasteiger partial charge in [-0.1, -0.05) is 29.3 Å². The molecule has 0 radical (unpaired) electrons. The summed E-state index contributed by atoms with van der Waals surface area (Å²) in [6, 6.07) is 8.68. The standard InChI is InChI=1S/C15H13Cl2NO2S/c1-9-5-7-13(21-9)12(19)6-8-14(20)18-11-4-2-3-10(16)15(11)17/h2-5,7H,6,8H2,1H3,(H,18,20). The average Bonchev–Trinajstić information content (AvgIpc) is 2.88. The van der Waals surface area contributed by atoms with Gasteiger partial charge < -0.3 is 5.32 Å². The van der Waals surface area contributed by atoms with Gasteiger partial charge in [0.15, 0.2) is 5.78 Å². The third-order valence-electron chi connectivity index (χ3n) is 2.82. The molecule has 0 bridgehead atoms. The first-order chi connectivity index (χ1) is 9.97. The summed E-state index contributed by atoms with van der Waals surface area (Å²) in [7, 11) is 0. The fraction of sp³-hybridized carbons (Fsp3) is 0.200. The van der Waals surface area contributed by atoms with Gasteiger partial charge in [-0.3, -0.25) is 9.59 Å². The molecule has 0 aliphatic heterocycles. The van der Waals surface area contributed by atoms with E-state index in [0.717, 1.165) is 4.88 Å². The van der Waals surface area contributed by atoms with Crippen molar-refractivity contribution < 1.29 is 9.59 Å². The molecule has 0 unspecified atom stereocenters. The maximum absolute atomic E-state index is 11.9. The lowest BCUT2D eigenvalue weighted by Gasteiger charge is -2.07. The predicted octanol–water partition coefficient (Wildman–Crippen LogP) is 4.96. The van der Waals surface area contributed by atoms with Gasteiger partial charge >= 0.3 is 0 Å². The number of thiophene rings is 1. The van der Waals surface area contributed by atoms with E-state index in [-0.39, 0.29) is 24.5 Å². The Kier molecular flexibility index (Phi) is 5.39. The monoisotopic (exact) mass is 341 g/mol. The zero-order chi connectivity index (χ0) is 15.4. The van der Waals surface area contributed by atoms with Crippen molar-refractivity contribution in [2.45, 2.75) is 19.8 Å². The SMILES string of the molecule is Cc1ccc(C(=O)CCC(=O)Nc2cccc(Cl)c2Cl)s1. The average molecular weight is 342 g/mol. The number of halogens is 2. The van der Waals surface area contributed by atoms with Gasteiger partial charge in [-0.2, -0.15) is 0 Å². The summed E-state index contributed by atoms with van der Waals surface area (Å²) in [5.41, 5.74) is 0.452. The van der Waals surface area contributed by atoms with Crippen LogP contribution in [0.25, 0.3) is 0 Å². The lowest BCUT2D eigenvalue weighted by atomic mass is 10.2. The van der Waals surface area contributed by atoms with E-state index in [4.69, 9.17) is 23.2 Å². The number of aryl methyl sites for hydroxylation is 1. The van der Waals surface area contributed by atoms with Crippen molar-refractivity contribution in [2.24, 2.45) is 0 Å². The second kappa shape index (κ2) is 7.07. The topological polar surface area (TPSA) is 46.2 Å².